The molecular weight excluding hydrogens is 286 g/mol. The van der Waals surface area contributed by atoms with Crippen LogP contribution in [0.1, 0.15) is 30.9 Å². The third kappa shape index (κ3) is 1.76. The molecule has 23 heavy (non-hydrogen) atoms. The summed E-state index contributed by atoms with van der Waals surface area (Å²) in [6.45, 7) is 2.22. The van der Waals surface area contributed by atoms with Crippen molar-refractivity contribution in [1.29, 1.82) is 0 Å². The number of likely N-dealkylation sites (tertiary alicyclic amines) is 1. The lowest BCUT2D eigenvalue weighted by atomic mass is 9.53. The van der Waals surface area contributed by atoms with Gasteiger partial charge in [0.2, 0.25) is 0 Å². The van der Waals surface area contributed by atoms with Crippen molar-refractivity contribution in [3.05, 3.63) is 42.4 Å². The minimum absolute atomic E-state index is 0.162. The first kappa shape index (κ1) is 13.8. The summed E-state index contributed by atoms with van der Waals surface area (Å²) in [6, 6.07) is 8.86. The summed E-state index contributed by atoms with van der Waals surface area (Å²) in [5, 5.41) is 11.1. The zero-order valence-corrected chi connectivity index (χ0v) is 13.5. The zero-order valence-electron chi connectivity index (χ0n) is 13.5. The Morgan fingerprint density at radius 1 is 1.22 bits per heavy atom. The molecule has 0 unspecified atom stereocenters. The van der Waals surface area contributed by atoms with Crippen LogP contribution in [-0.2, 0) is 0 Å². The molecule has 4 nitrogen and oxygen atoms in total. The van der Waals surface area contributed by atoms with Gasteiger partial charge in [0, 0.05) is 11.5 Å². The fraction of sp³-hybridized carbons (Fsp3) is 0.526. The van der Waals surface area contributed by atoms with Gasteiger partial charge in [-0.3, -0.25) is 0 Å². The fourth-order valence-corrected chi connectivity index (χ4v) is 5.15. The maximum Gasteiger partial charge on any atom is 0.0956 e. The summed E-state index contributed by atoms with van der Waals surface area (Å²) in [5.74, 6) is 0.315. The first-order chi connectivity index (χ1) is 11.2. The van der Waals surface area contributed by atoms with Crippen LogP contribution in [0.2, 0.25) is 0 Å². The summed E-state index contributed by atoms with van der Waals surface area (Å²) in [4.78, 5) is 6.73. The molecule has 0 bridgehead atoms. The molecule has 1 saturated carbocycles. The van der Waals surface area contributed by atoms with Gasteiger partial charge in [-0.25, -0.2) is 4.98 Å². The molecule has 5 rings (SSSR count). The summed E-state index contributed by atoms with van der Waals surface area (Å²) >= 11 is 0. The molecule has 3 aliphatic rings. The largest absolute Gasteiger partial charge is 0.392 e. The van der Waals surface area contributed by atoms with E-state index >= 15 is 0 Å². The number of rotatable bonds is 1. The van der Waals surface area contributed by atoms with Crippen LogP contribution in [0.5, 0.6) is 0 Å². The standard InChI is InChI=1S/C19H23N3O/c1-21-8-6-19(7-9-21)10-15(18(19)23)17-14-5-3-2-4-13(14)16-11-20-12-22(16)17/h2-5,11-12,15,17-18,23H,6-10H2,1H3/t15-,17-,18-/m1/s1. The van der Waals surface area contributed by atoms with Gasteiger partial charge in [0.25, 0.3) is 0 Å². The van der Waals surface area contributed by atoms with Crippen LogP contribution < -0.4 is 0 Å². The normalized spacial score (nSPS) is 31.7. The zero-order chi connectivity index (χ0) is 15.6. The minimum Gasteiger partial charge on any atom is -0.392 e. The predicted octanol–water partition coefficient (Wildman–Crippen LogP) is 2.55. The van der Waals surface area contributed by atoms with E-state index in [4.69, 9.17) is 0 Å². The second-order valence-electron chi connectivity index (χ2n) is 7.70. The van der Waals surface area contributed by atoms with E-state index < -0.39 is 0 Å². The highest BCUT2D eigenvalue weighted by Gasteiger charge is 2.57. The van der Waals surface area contributed by atoms with Gasteiger partial charge in [0.05, 0.1) is 30.4 Å². The van der Waals surface area contributed by atoms with Gasteiger partial charge in [-0.05, 0) is 50.4 Å². The van der Waals surface area contributed by atoms with E-state index in [-0.39, 0.29) is 17.6 Å². The number of imidazole rings is 1. The highest BCUT2D eigenvalue weighted by atomic mass is 16.3. The predicted molar refractivity (Wildman–Crippen MR) is 89.1 cm³/mol. The molecule has 0 radical (unpaired) electrons. The van der Waals surface area contributed by atoms with Crippen molar-refractivity contribution in [3.8, 4) is 11.3 Å². The lowest BCUT2D eigenvalue weighted by Crippen LogP contribution is -2.59. The highest BCUT2D eigenvalue weighted by Crippen LogP contribution is 2.59. The molecular formula is C19H23N3O. The van der Waals surface area contributed by atoms with Crippen LogP contribution in [-0.4, -0.2) is 45.8 Å². The van der Waals surface area contributed by atoms with Gasteiger partial charge < -0.3 is 14.6 Å². The molecule has 3 atom stereocenters. The summed E-state index contributed by atoms with van der Waals surface area (Å²) < 4.78 is 2.28. The van der Waals surface area contributed by atoms with Gasteiger partial charge >= 0.3 is 0 Å². The number of aliphatic hydroxyl groups is 1. The minimum atomic E-state index is -0.192. The molecule has 120 valence electrons. The molecule has 1 aromatic carbocycles. The Morgan fingerprint density at radius 3 is 2.78 bits per heavy atom. The average molecular weight is 309 g/mol. The van der Waals surface area contributed by atoms with Gasteiger partial charge in [-0.15, -0.1) is 0 Å². The Hall–Kier alpha value is -1.65. The quantitative estimate of drug-likeness (QED) is 0.880. The molecule has 3 heterocycles. The monoisotopic (exact) mass is 309 g/mol. The number of benzene rings is 1. The first-order valence-corrected chi connectivity index (χ1v) is 8.67. The number of piperidine rings is 1. The van der Waals surface area contributed by atoms with E-state index in [0.717, 1.165) is 32.4 Å². The number of hydrogen-bond donors (Lipinski definition) is 1. The Bertz CT molecular complexity index is 745. The van der Waals surface area contributed by atoms with Crippen molar-refractivity contribution in [3.63, 3.8) is 0 Å². The van der Waals surface area contributed by atoms with Crippen molar-refractivity contribution in [2.45, 2.75) is 31.4 Å². The maximum absolute atomic E-state index is 11.1. The highest BCUT2D eigenvalue weighted by molar-refractivity contribution is 5.69. The molecule has 0 amide bonds. The Morgan fingerprint density at radius 2 is 2.00 bits per heavy atom. The first-order valence-electron chi connectivity index (χ1n) is 8.67. The van der Waals surface area contributed by atoms with Gasteiger partial charge in [0.15, 0.2) is 0 Å². The van der Waals surface area contributed by atoms with E-state index in [1.54, 1.807) is 0 Å². The molecule has 1 aliphatic carbocycles. The van der Waals surface area contributed by atoms with E-state index in [1.165, 1.54) is 16.8 Å². The van der Waals surface area contributed by atoms with Crippen LogP contribution in [0.3, 0.4) is 0 Å². The third-order valence-electron chi connectivity index (χ3n) is 6.58. The van der Waals surface area contributed by atoms with Crippen LogP contribution >= 0.6 is 0 Å². The van der Waals surface area contributed by atoms with Crippen LogP contribution in [0.15, 0.2) is 36.8 Å². The van der Waals surface area contributed by atoms with Gasteiger partial charge in [0.1, 0.15) is 0 Å². The number of fused-ring (bicyclic) bond motifs is 3. The van der Waals surface area contributed by atoms with Crippen molar-refractivity contribution in [2.24, 2.45) is 11.3 Å². The van der Waals surface area contributed by atoms with Crippen LogP contribution in [0.4, 0.5) is 0 Å². The lowest BCUT2D eigenvalue weighted by molar-refractivity contribution is -0.156. The Kier molecular flexibility index (Phi) is 2.80. The van der Waals surface area contributed by atoms with Crippen molar-refractivity contribution >= 4 is 0 Å². The van der Waals surface area contributed by atoms with Crippen LogP contribution in [0.25, 0.3) is 11.3 Å². The fourth-order valence-electron chi connectivity index (χ4n) is 5.15. The van der Waals surface area contributed by atoms with Crippen molar-refractivity contribution in [2.75, 3.05) is 20.1 Å². The summed E-state index contributed by atoms with van der Waals surface area (Å²) in [7, 11) is 2.18. The SMILES string of the molecule is CN1CCC2(CC1)C[C@H]([C@H]1c3ccccc3-c3cncn31)[C@H]2O. The average Bonchev–Trinajstić information content (AvgIpc) is 3.15. The molecule has 1 saturated heterocycles. The Balaban J connectivity index is 1.48. The summed E-state index contributed by atoms with van der Waals surface area (Å²) in [5.41, 5.74) is 4.00. The summed E-state index contributed by atoms with van der Waals surface area (Å²) in [6.07, 6.45) is 7.10. The van der Waals surface area contributed by atoms with E-state index in [9.17, 15) is 5.11 Å². The molecule has 2 fully saturated rings. The molecule has 1 spiro atoms. The number of hydrogen-bond acceptors (Lipinski definition) is 3. The van der Waals surface area contributed by atoms with Gasteiger partial charge in [-0.1, -0.05) is 24.3 Å². The molecule has 2 aromatic rings. The van der Waals surface area contributed by atoms with E-state index in [2.05, 4.69) is 45.8 Å². The maximum atomic E-state index is 11.1. The Labute approximate surface area is 136 Å². The molecule has 4 heteroatoms. The van der Waals surface area contributed by atoms with Crippen LogP contribution in [0, 0.1) is 11.3 Å². The topological polar surface area (TPSA) is 41.3 Å². The molecule has 1 aromatic heterocycles. The van der Waals surface area contributed by atoms with Gasteiger partial charge in [-0.2, -0.15) is 0 Å². The third-order valence-corrected chi connectivity index (χ3v) is 6.58. The van der Waals surface area contributed by atoms with E-state index in [0.29, 0.717) is 5.92 Å². The lowest BCUT2D eigenvalue weighted by Gasteiger charge is -2.57. The van der Waals surface area contributed by atoms with E-state index in [1.807, 2.05) is 12.5 Å². The number of aromatic nitrogens is 2. The number of nitrogens with zero attached hydrogens (tertiary/aromatic N) is 3. The molecule has 1 N–H and O–H groups in total. The van der Waals surface area contributed by atoms with Crippen molar-refractivity contribution < 1.29 is 5.11 Å². The second kappa shape index (κ2) is 4.68. The smallest absolute Gasteiger partial charge is 0.0956 e. The number of aliphatic hydroxyl groups excluding tert-OH is 1. The molecule has 2 aliphatic heterocycles. The second-order valence-corrected chi connectivity index (χ2v) is 7.70. The van der Waals surface area contributed by atoms with Crippen molar-refractivity contribution in [1.82, 2.24) is 14.5 Å².